The first kappa shape index (κ1) is 46.7. The Morgan fingerprint density at radius 1 is 0.500 bits per heavy atom. The number of benzene rings is 3. The van der Waals surface area contributed by atoms with Gasteiger partial charge in [0.2, 0.25) is 0 Å². The highest BCUT2D eigenvalue weighted by atomic mass is 16.5. The summed E-state index contributed by atoms with van der Waals surface area (Å²) in [7, 11) is 0.892. The van der Waals surface area contributed by atoms with Crippen molar-refractivity contribution < 1.29 is 19.5 Å². The number of fused-ring (bicyclic) bond motifs is 2. The van der Waals surface area contributed by atoms with Crippen LogP contribution in [0.5, 0.6) is 0 Å². The number of unbranched alkanes of at least 4 members (excludes halogenated alkanes) is 2. The Bertz CT molecular complexity index is 1710. The van der Waals surface area contributed by atoms with Gasteiger partial charge < -0.3 is 19.5 Å². The van der Waals surface area contributed by atoms with Crippen molar-refractivity contribution in [3.63, 3.8) is 0 Å². The summed E-state index contributed by atoms with van der Waals surface area (Å²) in [4.78, 5) is 0. The molecule has 0 saturated carbocycles. The molecule has 58 heavy (non-hydrogen) atoms. The van der Waals surface area contributed by atoms with Gasteiger partial charge in [0.1, 0.15) is 0 Å². The summed E-state index contributed by atoms with van der Waals surface area (Å²) in [6, 6.07) is 19.2. The predicted octanol–water partition coefficient (Wildman–Crippen LogP) is 10.1. The van der Waals surface area contributed by atoms with Crippen LogP contribution in [0.4, 0.5) is 0 Å². The van der Waals surface area contributed by atoms with E-state index in [-0.39, 0.29) is 0 Å². The van der Waals surface area contributed by atoms with E-state index >= 15 is 0 Å². The number of aryl methyl sites for hydroxylation is 4. The molecule has 6 heteroatoms. The topological polar surface area (TPSA) is 58.9 Å². The first-order valence-electron chi connectivity index (χ1n) is 22.8. The van der Waals surface area contributed by atoms with Crippen molar-refractivity contribution in [3.8, 4) is 0 Å². The zero-order valence-electron chi connectivity index (χ0n) is 39.4. The van der Waals surface area contributed by atoms with Gasteiger partial charge in [-0.2, -0.15) is 0 Å². The molecule has 0 fully saturated rings. The van der Waals surface area contributed by atoms with Crippen LogP contribution in [0, 0.1) is 10.8 Å². The Hall–Kier alpha value is -2.37. The van der Waals surface area contributed by atoms with E-state index in [9.17, 15) is 10.2 Å². The number of hydrogen-bond acceptors (Lipinski definition) is 4. The lowest BCUT2D eigenvalue weighted by Crippen LogP contribution is -2.50. The fourth-order valence-corrected chi connectivity index (χ4v) is 8.79. The van der Waals surface area contributed by atoms with Crippen LogP contribution in [0.25, 0.3) is 0 Å². The SMILES string of the molecule is CC(C)(C)CC1Cc2cc(CCCCc3cc(BOC(C)(C)C(C)(C)O)c(CCCCc4ccc5c(c4)CC5CC(C)(C)C)cc3BOC(C)(C)C(C)(C)O)ccc21. The average Bonchev–Trinajstić information content (AvgIpc) is 3.07. The third kappa shape index (κ3) is 12.4. The molecule has 0 aliphatic heterocycles. The van der Waals surface area contributed by atoms with Crippen molar-refractivity contribution in [2.45, 2.75) is 208 Å². The highest BCUT2D eigenvalue weighted by Gasteiger charge is 2.38. The Balaban J connectivity index is 1.30. The molecule has 2 atom stereocenters. The van der Waals surface area contributed by atoms with Crippen LogP contribution < -0.4 is 10.9 Å². The Kier molecular flexibility index (Phi) is 14.4. The highest BCUT2D eigenvalue weighted by Crippen LogP contribution is 2.44. The third-order valence-electron chi connectivity index (χ3n) is 13.9. The molecule has 3 aromatic rings. The minimum absolute atomic E-state index is 0.365. The van der Waals surface area contributed by atoms with Gasteiger partial charge in [-0.1, -0.05) is 101 Å². The first-order valence-corrected chi connectivity index (χ1v) is 22.8. The maximum absolute atomic E-state index is 11.0. The van der Waals surface area contributed by atoms with E-state index < -0.39 is 22.4 Å². The molecule has 2 unspecified atom stereocenters. The fraction of sp³-hybridized carbons (Fsp3) is 0.654. The van der Waals surface area contributed by atoms with Gasteiger partial charge in [0.15, 0.2) is 0 Å². The van der Waals surface area contributed by atoms with Gasteiger partial charge in [0, 0.05) is 0 Å². The van der Waals surface area contributed by atoms with Crippen LogP contribution in [-0.4, -0.2) is 47.6 Å². The molecule has 3 aromatic carbocycles. The molecule has 0 radical (unpaired) electrons. The fourth-order valence-electron chi connectivity index (χ4n) is 8.79. The summed E-state index contributed by atoms with van der Waals surface area (Å²) in [5.41, 5.74) is 11.5. The molecule has 4 nitrogen and oxygen atoms in total. The molecule has 0 aromatic heterocycles. The van der Waals surface area contributed by atoms with Crippen LogP contribution >= 0.6 is 0 Å². The second kappa shape index (κ2) is 17.9. The second-order valence-electron chi connectivity index (χ2n) is 22.9. The minimum atomic E-state index is -0.984. The smallest absolute Gasteiger partial charge is 0.309 e. The van der Waals surface area contributed by atoms with E-state index in [2.05, 4.69) is 90.1 Å². The summed E-state index contributed by atoms with van der Waals surface area (Å²) < 4.78 is 13.1. The Labute approximate surface area is 356 Å². The lowest BCUT2D eigenvalue weighted by atomic mass is 9.69. The maximum atomic E-state index is 11.0. The van der Waals surface area contributed by atoms with E-state index in [1.54, 1.807) is 22.3 Å². The van der Waals surface area contributed by atoms with Gasteiger partial charge in [-0.05, 0) is 199 Å². The molecule has 0 heterocycles. The van der Waals surface area contributed by atoms with E-state index in [0.717, 1.165) is 51.4 Å². The van der Waals surface area contributed by atoms with Gasteiger partial charge in [-0.15, -0.1) is 0 Å². The van der Waals surface area contributed by atoms with Crippen LogP contribution in [0.15, 0.2) is 48.5 Å². The summed E-state index contributed by atoms with van der Waals surface area (Å²) in [5.74, 6) is 1.43. The molecule has 0 amide bonds. The number of hydrogen-bond donors (Lipinski definition) is 2. The summed E-state index contributed by atoms with van der Waals surface area (Å²) >= 11 is 0. The average molecular weight is 791 g/mol. The maximum Gasteiger partial charge on any atom is 0.309 e. The zero-order chi connectivity index (χ0) is 42.9. The highest BCUT2D eigenvalue weighted by molar-refractivity contribution is 6.50. The van der Waals surface area contributed by atoms with Gasteiger partial charge >= 0.3 is 15.0 Å². The quantitative estimate of drug-likeness (QED) is 0.0884. The standard InChI is InChI=1S/C52H80B2O4/c1-47(2,3)33-41-29-39-27-35(23-25-43(39)41)19-15-17-21-37-31-46(54-58-52(13,14)50(9,10)56)38(32-45(37)53-57-51(11,12)49(7,8)55)22-18-16-20-36-24-26-44-40(28-36)30-42(44)34-48(4,5)6/h23-28,31-32,41-42,53-56H,15-22,29-30,33-34H2,1-14H3. The summed E-state index contributed by atoms with van der Waals surface area (Å²) in [5, 5.41) is 21.9. The van der Waals surface area contributed by atoms with E-state index in [0.29, 0.717) is 37.6 Å². The normalized spacial score (nSPS) is 17.3. The molecule has 318 valence electrons. The van der Waals surface area contributed by atoms with Crippen LogP contribution in [0.3, 0.4) is 0 Å². The zero-order valence-corrected chi connectivity index (χ0v) is 39.4. The van der Waals surface area contributed by atoms with Crippen molar-refractivity contribution in [2.24, 2.45) is 10.8 Å². The van der Waals surface area contributed by atoms with Crippen molar-refractivity contribution in [3.05, 3.63) is 93.0 Å². The molecule has 2 aliphatic carbocycles. The lowest BCUT2D eigenvalue weighted by Gasteiger charge is -2.38. The summed E-state index contributed by atoms with van der Waals surface area (Å²) in [6.07, 6.45) is 13.5. The Morgan fingerprint density at radius 2 is 0.845 bits per heavy atom. The molecule has 0 saturated heterocycles. The van der Waals surface area contributed by atoms with Gasteiger partial charge in [0.25, 0.3) is 0 Å². The molecular formula is C52H80B2O4. The minimum Gasteiger partial charge on any atom is -0.427 e. The molecule has 0 bridgehead atoms. The van der Waals surface area contributed by atoms with Crippen LogP contribution in [0.1, 0.15) is 192 Å². The predicted molar refractivity (Wildman–Crippen MR) is 250 cm³/mol. The third-order valence-corrected chi connectivity index (χ3v) is 13.9. The van der Waals surface area contributed by atoms with Crippen LogP contribution in [0.2, 0.25) is 0 Å². The molecule has 2 aliphatic rings. The Morgan fingerprint density at radius 3 is 1.16 bits per heavy atom. The van der Waals surface area contributed by atoms with Crippen molar-refractivity contribution >= 4 is 25.9 Å². The van der Waals surface area contributed by atoms with Gasteiger partial charge in [-0.3, -0.25) is 0 Å². The van der Waals surface area contributed by atoms with E-state index in [1.165, 1.54) is 58.9 Å². The molecule has 5 rings (SSSR count). The van der Waals surface area contributed by atoms with Crippen LogP contribution in [-0.2, 0) is 47.8 Å². The van der Waals surface area contributed by atoms with Crippen molar-refractivity contribution in [2.75, 3.05) is 0 Å². The molecule has 0 spiro atoms. The molecular weight excluding hydrogens is 710 g/mol. The first-order chi connectivity index (χ1) is 26.7. The second-order valence-corrected chi connectivity index (χ2v) is 22.9. The monoisotopic (exact) mass is 791 g/mol. The number of rotatable bonds is 20. The van der Waals surface area contributed by atoms with Crippen molar-refractivity contribution in [1.82, 2.24) is 0 Å². The lowest BCUT2D eigenvalue weighted by molar-refractivity contribution is -0.0893. The largest absolute Gasteiger partial charge is 0.427 e. The van der Waals surface area contributed by atoms with Gasteiger partial charge in [-0.25, -0.2) is 0 Å². The summed E-state index contributed by atoms with van der Waals surface area (Å²) in [6.45, 7) is 29.3. The molecule has 2 N–H and O–H groups in total. The van der Waals surface area contributed by atoms with Crippen molar-refractivity contribution in [1.29, 1.82) is 0 Å². The van der Waals surface area contributed by atoms with E-state index in [4.69, 9.17) is 9.31 Å². The van der Waals surface area contributed by atoms with E-state index in [1.807, 2.05) is 55.4 Å². The van der Waals surface area contributed by atoms with Gasteiger partial charge in [0.05, 0.1) is 22.4 Å². The number of aliphatic hydroxyl groups is 2.